The van der Waals surface area contributed by atoms with E-state index < -0.39 is 0 Å². The SMILES string of the molecule is COc1cc(-c2ccc3ncn(C(c4ccccc4)C4CCOCC4)c3c2)cn(C)c1=O. The summed E-state index contributed by atoms with van der Waals surface area (Å²) in [6.07, 6.45) is 5.86. The Hall–Kier alpha value is -3.38. The fourth-order valence-electron chi connectivity index (χ4n) is 4.75. The molecular formula is C26H27N3O3. The standard InChI is InChI=1S/C26H27N3O3/c1-28-16-21(15-24(31-2)26(28)30)20-8-9-22-23(14-20)29(17-27-22)25(18-6-4-3-5-7-18)19-10-12-32-13-11-19/h3-9,14-17,19,25H,10-13H2,1-2H3. The fourth-order valence-corrected chi connectivity index (χ4v) is 4.75. The van der Waals surface area contributed by atoms with E-state index in [2.05, 4.69) is 41.0 Å². The van der Waals surface area contributed by atoms with Crippen LogP contribution in [0, 0.1) is 5.92 Å². The maximum absolute atomic E-state index is 12.2. The summed E-state index contributed by atoms with van der Waals surface area (Å²) in [5.41, 5.74) is 5.13. The van der Waals surface area contributed by atoms with Gasteiger partial charge >= 0.3 is 0 Å². The Balaban J connectivity index is 1.64. The molecule has 1 fully saturated rings. The van der Waals surface area contributed by atoms with Crippen molar-refractivity contribution in [1.82, 2.24) is 14.1 Å². The highest BCUT2D eigenvalue weighted by atomic mass is 16.5. The van der Waals surface area contributed by atoms with E-state index in [9.17, 15) is 4.79 Å². The molecule has 1 unspecified atom stereocenters. The minimum absolute atomic E-state index is 0.147. The van der Waals surface area contributed by atoms with Crippen molar-refractivity contribution < 1.29 is 9.47 Å². The van der Waals surface area contributed by atoms with Crippen LogP contribution in [-0.4, -0.2) is 34.4 Å². The summed E-state index contributed by atoms with van der Waals surface area (Å²) in [4.78, 5) is 17.0. The summed E-state index contributed by atoms with van der Waals surface area (Å²) in [7, 11) is 3.27. The first-order chi connectivity index (χ1) is 15.7. The number of imidazole rings is 1. The maximum Gasteiger partial charge on any atom is 0.292 e. The van der Waals surface area contributed by atoms with Gasteiger partial charge in [0, 0.05) is 32.0 Å². The third-order valence-corrected chi connectivity index (χ3v) is 6.43. The number of hydrogen-bond donors (Lipinski definition) is 0. The monoisotopic (exact) mass is 429 g/mol. The summed E-state index contributed by atoms with van der Waals surface area (Å²) >= 11 is 0. The van der Waals surface area contributed by atoms with E-state index in [-0.39, 0.29) is 11.6 Å². The Bertz CT molecular complexity index is 1290. The molecule has 2 aromatic heterocycles. The molecule has 1 atom stereocenters. The molecule has 1 aliphatic rings. The summed E-state index contributed by atoms with van der Waals surface area (Å²) in [5.74, 6) is 0.813. The molecule has 1 saturated heterocycles. The Morgan fingerprint density at radius 2 is 1.84 bits per heavy atom. The molecule has 0 aliphatic carbocycles. The largest absolute Gasteiger partial charge is 0.491 e. The van der Waals surface area contributed by atoms with Gasteiger partial charge in [0.15, 0.2) is 5.75 Å². The molecule has 3 heterocycles. The third kappa shape index (κ3) is 3.71. The highest BCUT2D eigenvalue weighted by Gasteiger charge is 2.28. The Labute approximate surface area is 187 Å². The molecule has 0 spiro atoms. The van der Waals surface area contributed by atoms with Gasteiger partial charge in [-0.1, -0.05) is 36.4 Å². The highest BCUT2D eigenvalue weighted by molar-refractivity contribution is 5.82. The molecule has 5 rings (SSSR count). The number of aryl methyl sites for hydroxylation is 1. The van der Waals surface area contributed by atoms with Crippen LogP contribution >= 0.6 is 0 Å². The second-order valence-corrected chi connectivity index (χ2v) is 8.37. The molecule has 0 bridgehead atoms. The molecule has 4 aromatic rings. The Morgan fingerprint density at radius 1 is 1.06 bits per heavy atom. The normalized spacial score (nSPS) is 15.7. The van der Waals surface area contributed by atoms with Crippen LogP contribution in [0.25, 0.3) is 22.2 Å². The number of benzene rings is 2. The van der Waals surface area contributed by atoms with Crippen molar-refractivity contribution in [1.29, 1.82) is 0 Å². The van der Waals surface area contributed by atoms with Crippen molar-refractivity contribution in [3.05, 3.63) is 83.0 Å². The second kappa shape index (κ2) is 8.63. The van der Waals surface area contributed by atoms with Crippen LogP contribution in [0.1, 0.15) is 24.4 Å². The molecule has 6 nitrogen and oxygen atoms in total. The van der Waals surface area contributed by atoms with E-state index in [1.165, 1.54) is 12.7 Å². The van der Waals surface area contributed by atoms with E-state index in [0.717, 1.165) is 48.2 Å². The molecule has 1 aliphatic heterocycles. The van der Waals surface area contributed by atoms with Gasteiger partial charge in [-0.2, -0.15) is 0 Å². The number of nitrogens with zero attached hydrogens (tertiary/aromatic N) is 3. The van der Waals surface area contributed by atoms with Crippen LogP contribution in [-0.2, 0) is 11.8 Å². The van der Waals surface area contributed by atoms with E-state index in [4.69, 9.17) is 14.5 Å². The molecular weight excluding hydrogens is 402 g/mol. The highest BCUT2D eigenvalue weighted by Crippen LogP contribution is 2.36. The first kappa shape index (κ1) is 20.5. The number of methoxy groups -OCH3 is 1. The fraction of sp³-hybridized carbons (Fsp3) is 0.308. The van der Waals surface area contributed by atoms with Crippen molar-refractivity contribution in [2.24, 2.45) is 13.0 Å². The maximum atomic E-state index is 12.2. The van der Waals surface area contributed by atoms with Crippen molar-refractivity contribution in [2.45, 2.75) is 18.9 Å². The summed E-state index contributed by atoms with van der Waals surface area (Å²) in [6, 6.07) is 18.9. The molecule has 32 heavy (non-hydrogen) atoms. The van der Waals surface area contributed by atoms with Crippen molar-refractivity contribution in [3.63, 3.8) is 0 Å². The lowest BCUT2D eigenvalue weighted by Crippen LogP contribution is -2.26. The van der Waals surface area contributed by atoms with Crippen LogP contribution in [0.15, 0.2) is 71.9 Å². The van der Waals surface area contributed by atoms with Crippen molar-refractivity contribution >= 4 is 11.0 Å². The van der Waals surface area contributed by atoms with Gasteiger partial charge in [0.05, 0.1) is 30.5 Å². The minimum Gasteiger partial charge on any atom is -0.491 e. The van der Waals surface area contributed by atoms with Crippen LogP contribution in [0.2, 0.25) is 0 Å². The average Bonchev–Trinajstić information content (AvgIpc) is 3.25. The zero-order valence-electron chi connectivity index (χ0n) is 18.4. The number of aromatic nitrogens is 3. The average molecular weight is 430 g/mol. The quantitative estimate of drug-likeness (QED) is 0.471. The van der Waals surface area contributed by atoms with Crippen molar-refractivity contribution in [3.8, 4) is 16.9 Å². The molecule has 0 amide bonds. The van der Waals surface area contributed by atoms with Gasteiger partial charge in [0.1, 0.15) is 0 Å². The van der Waals surface area contributed by atoms with Gasteiger partial charge < -0.3 is 18.6 Å². The number of fused-ring (bicyclic) bond motifs is 1. The molecule has 164 valence electrons. The second-order valence-electron chi connectivity index (χ2n) is 8.37. The van der Waals surface area contributed by atoms with Crippen LogP contribution in [0.3, 0.4) is 0 Å². The summed E-state index contributed by atoms with van der Waals surface area (Å²) < 4.78 is 14.8. The smallest absolute Gasteiger partial charge is 0.292 e. The van der Waals surface area contributed by atoms with Gasteiger partial charge in [-0.05, 0) is 48.1 Å². The van der Waals surface area contributed by atoms with Gasteiger partial charge in [-0.15, -0.1) is 0 Å². The zero-order chi connectivity index (χ0) is 22.1. The zero-order valence-corrected chi connectivity index (χ0v) is 18.4. The Morgan fingerprint density at radius 3 is 2.59 bits per heavy atom. The first-order valence-corrected chi connectivity index (χ1v) is 11.0. The molecule has 6 heteroatoms. The van der Waals surface area contributed by atoms with Crippen LogP contribution in [0.4, 0.5) is 0 Å². The van der Waals surface area contributed by atoms with Crippen LogP contribution in [0.5, 0.6) is 5.75 Å². The lowest BCUT2D eigenvalue weighted by atomic mass is 9.86. The van der Waals surface area contributed by atoms with E-state index in [0.29, 0.717) is 11.7 Å². The molecule has 0 saturated carbocycles. The number of rotatable bonds is 5. The van der Waals surface area contributed by atoms with Gasteiger partial charge in [0.25, 0.3) is 5.56 Å². The van der Waals surface area contributed by atoms with E-state index >= 15 is 0 Å². The molecule has 0 N–H and O–H groups in total. The first-order valence-electron chi connectivity index (χ1n) is 11.0. The number of hydrogen-bond acceptors (Lipinski definition) is 4. The lowest BCUT2D eigenvalue weighted by molar-refractivity contribution is 0.0547. The van der Waals surface area contributed by atoms with Gasteiger partial charge in [-0.25, -0.2) is 4.98 Å². The van der Waals surface area contributed by atoms with Crippen LogP contribution < -0.4 is 10.3 Å². The minimum atomic E-state index is -0.147. The van der Waals surface area contributed by atoms with Gasteiger partial charge in [-0.3, -0.25) is 4.79 Å². The summed E-state index contributed by atoms with van der Waals surface area (Å²) in [6.45, 7) is 1.59. The Kier molecular flexibility index (Phi) is 5.53. The lowest BCUT2D eigenvalue weighted by Gasteiger charge is -2.32. The number of pyridine rings is 1. The summed E-state index contributed by atoms with van der Waals surface area (Å²) in [5, 5.41) is 0. The number of ether oxygens (including phenoxy) is 2. The van der Waals surface area contributed by atoms with Crippen molar-refractivity contribution in [2.75, 3.05) is 20.3 Å². The van der Waals surface area contributed by atoms with E-state index in [1.807, 2.05) is 24.7 Å². The molecule has 2 aromatic carbocycles. The predicted molar refractivity (Wildman–Crippen MR) is 125 cm³/mol. The third-order valence-electron chi connectivity index (χ3n) is 6.43. The topological polar surface area (TPSA) is 58.3 Å². The van der Waals surface area contributed by atoms with E-state index in [1.54, 1.807) is 17.7 Å². The molecule has 0 radical (unpaired) electrons. The van der Waals surface area contributed by atoms with Gasteiger partial charge in [0.2, 0.25) is 0 Å². The predicted octanol–water partition coefficient (Wildman–Crippen LogP) is 4.43.